The van der Waals surface area contributed by atoms with Crippen LogP contribution in [-0.4, -0.2) is 61.5 Å². The molecular formula is C17H23NO4. The number of ether oxygens (including phenoxy) is 2. The van der Waals surface area contributed by atoms with Gasteiger partial charge in [0.1, 0.15) is 6.61 Å². The van der Waals surface area contributed by atoms with Crippen molar-refractivity contribution in [1.82, 2.24) is 4.90 Å². The lowest BCUT2D eigenvalue weighted by Gasteiger charge is -2.32. The molecule has 0 saturated carbocycles. The van der Waals surface area contributed by atoms with Gasteiger partial charge in [-0.05, 0) is 12.0 Å². The van der Waals surface area contributed by atoms with Gasteiger partial charge in [-0.25, -0.2) is 4.79 Å². The van der Waals surface area contributed by atoms with Crippen molar-refractivity contribution in [3.05, 3.63) is 35.9 Å². The molecule has 2 fully saturated rings. The summed E-state index contributed by atoms with van der Waals surface area (Å²) < 4.78 is 10.9. The summed E-state index contributed by atoms with van der Waals surface area (Å²) in [5.74, 6) is 0.106. The van der Waals surface area contributed by atoms with Crippen molar-refractivity contribution in [2.45, 2.75) is 18.4 Å². The molecule has 3 atom stereocenters. The van der Waals surface area contributed by atoms with Crippen molar-refractivity contribution in [2.24, 2.45) is 5.92 Å². The van der Waals surface area contributed by atoms with E-state index in [1.54, 1.807) is 0 Å². The van der Waals surface area contributed by atoms with E-state index in [2.05, 4.69) is 29.2 Å². The van der Waals surface area contributed by atoms with Gasteiger partial charge >= 0.3 is 5.97 Å². The number of benzene rings is 1. The summed E-state index contributed by atoms with van der Waals surface area (Å²) in [6, 6.07) is 11.1. The van der Waals surface area contributed by atoms with E-state index in [1.807, 2.05) is 6.07 Å². The molecule has 2 saturated heterocycles. The Morgan fingerprint density at radius 1 is 1.36 bits per heavy atom. The number of carboxylic acid groups (broad SMARTS) is 1. The SMILES string of the molecule is O=C(O)COCCN1CC(c2ccccc2)C2COCCC21. The van der Waals surface area contributed by atoms with Gasteiger partial charge in [-0.15, -0.1) is 0 Å². The van der Waals surface area contributed by atoms with Gasteiger partial charge in [-0.1, -0.05) is 30.3 Å². The molecule has 1 N–H and O–H groups in total. The van der Waals surface area contributed by atoms with Crippen LogP contribution in [0.1, 0.15) is 17.9 Å². The number of aliphatic carboxylic acids is 1. The highest BCUT2D eigenvalue weighted by molar-refractivity contribution is 5.67. The Kier molecular flexibility index (Phi) is 5.08. The molecule has 3 unspecified atom stereocenters. The van der Waals surface area contributed by atoms with Crippen molar-refractivity contribution >= 4 is 5.97 Å². The molecule has 0 amide bonds. The number of carboxylic acids is 1. The van der Waals surface area contributed by atoms with Crippen LogP contribution in [-0.2, 0) is 14.3 Å². The van der Waals surface area contributed by atoms with Crippen LogP contribution in [0.2, 0.25) is 0 Å². The maximum absolute atomic E-state index is 10.5. The lowest BCUT2D eigenvalue weighted by Crippen LogP contribution is -2.40. The van der Waals surface area contributed by atoms with Crippen LogP contribution in [0.5, 0.6) is 0 Å². The van der Waals surface area contributed by atoms with Crippen molar-refractivity contribution in [2.75, 3.05) is 39.5 Å². The molecule has 1 aromatic rings. The molecule has 2 aliphatic heterocycles. The van der Waals surface area contributed by atoms with Crippen LogP contribution in [0.4, 0.5) is 0 Å². The van der Waals surface area contributed by atoms with Crippen molar-refractivity contribution in [3.63, 3.8) is 0 Å². The zero-order chi connectivity index (χ0) is 15.4. The zero-order valence-electron chi connectivity index (χ0n) is 12.7. The van der Waals surface area contributed by atoms with E-state index < -0.39 is 5.97 Å². The Bertz CT molecular complexity index is 493. The highest BCUT2D eigenvalue weighted by atomic mass is 16.5. The van der Waals surface area contributed by atoms with Gasteiger partial charge in [0.25, 0.3) is 0 Å². The van der Waals surface area contributed by atoms with E-state index in [0.717, 1.165) is 32.7 Å². The van der Waals surface area contributed by atoms with Crippen LogP contribution in [0, 0.1) is 5.92 Å². The average Bonchev–Trinajstić information content (AvgIpc) is 2.91. The summed E-state index contributed by atoms with van der Waals surface area (Å²) in [7, 11) is 0. The summed E-state index contributed by atoms with van der Waals surface area (Å²) in [5, 5.41) is 8.63. The Balaban J connectivity index is 1.63. The van der Waals surface area contributed by atoms with Gasteiger partial charge in [0.05, 0.1) is 13.2 Å². The summed E-state index contributed by atoms with van der Waals surface area (Å²) in [4.78, 5) is 13.0. The number of likely N-dealkylation sites (tertiary alicyclic amines) is 1. The number of fused-ring (bicyclic) bond motifs is 1. The third-order valence-electron chi connectivity index (χ3n) is 4.76. The first-order valence-corrected chi connectivity index (χ1v) is 7.92. The van der Waals surface area contributed by atoms with E-state index in [4.69, 9.17) is 14.6 Å². The van der Waals surface area contributed by atoms with Crippen LogP contribution in [0.3, 0.4) is 0 Å². The highest BCUT2D eigenvalue weighted by Crippen LogP contribution is 2.40. The minimum atomic E-state index is -0.910. The summed E-state index contributed by atoms with van der Waals surface area (Å²) in [6.45, 7) is 3.67. The summed E-state index contributed by atoms with van der Waals surface area (Å²) in [6.07, 6.45) is 1.05. The van der Waals surface area contributed by atoms with Gasteiger partial charge < -0.3 is 14.6 Å². The van der Waals surface area contributed by atoms with E-state index in [9.17, 15) is 4.79 Å². The topological polar surface area (TPSA) is 59.0 Å². The fourth-order valence-electron chi connectivity index (χ4n) is 3.76. The van der Waals surface area contributed by atoms with E-state index in [0.29, 0.717) is 24.5 Å². The maximum Gasteiger partial charge on any atom is 0.329 e. The smallest absolute Gasteiger partial charge is 0.329 e. The summed E-state index contributed by atoms with van der Waals surface area (Å²) >= 11 is 0. The van der Waals surface area contributed by atoms with E-state index in [1.165, 1.54) is 5.56 Å². The van der Waals surface area contributed by atoms with E-state index >= 15 is 0 Å². The Labute approximate surface area is 130 Å². The van der Waals surface area contributed by atoms with Gasteiger partial charge in [-0.3, -0.25) is 4.90 Å². The second kappa shape index (κ2) is 7.22. The quantitative estimate of drug-likeness (QED) is 0.809. The van der Waals surface area contributed by atoms with Gasteiger partial charge in [0, 0.05) is 37.6 Å². The predicted molar refractivity (Wildman–Crippen MR) is 81.9 cm³/mol. The second-order valence-electron chi connectivity index (χ2n) is 6.05. The molecule has 0 aromatic heterocycles. The third-order valence-corrected chi connectivity index (χ3v) is 4.76. The Morgan fingerprint density at radius 3 is 2.95 bits per heavy atom. The highest BCUT2D eigenvalue weighted by Gasteiger charge is 2.43. The van der Waals surface area contributed by atoms with Gasteiger partial charge in [-0.2, -0.15) is 0 Å². The van der Waals surface area contributed by atoms with Crippen LogP contribution in [0.25, 0.3) is 0 Å². The maximum atomic E-state index is 10.5. The molecule has 2 heterocycles. The van der Waals surface area contributed by atoms with Crippen molar-refractivity contribution in [1.29, 1.82) is 0 Å². The minimum absolute atomic E-state index is 0.215. The third kappa shape index (κ3) is 3.48. The minimum Gasteiger partial charge on any atom is -0.480 e. The van der Waals surface area contributed by atoms with Crippen molar-refractivity contribution in [3.8, 4) is 0 Å². The molecule has 1 aromatic carbocycles. The first kappa shape index (κ1) is 15.5. The molecule has 0 aliphatic carbocycles. The number of carbonyl (C=O) groups is 1. The molecule has 22 heavy (non-hydrogen) atoms. The Morgan fingerprint density at radius 2 is 2.18 bits per heavy atom. The molecule has 2 aliphatic rings. The molecule has 3 rings (SSSR count). The fraction of sp³-hybridized carbons (Fsp3) is 0.588. The molecule has 0 bridgehead atoms. The average molecular weight is 305 g/mol. The zero-order valence-corrected chi connectivity index (χ0v) is 12.7. The van der Waals surface area contributed by atoms with Crippen LogP contribution >= 0.6 is 0 Å². The van der Waals surface area contributed by atoms with Crippen LogP contribution in [0.15, 0.2) is 30.3 Å². The van der Waals surface area contributed by atoms with Gasteiger partial charge in [0.15, 0.2) is 0 Å². The van der Waals surface area contributed by atoms with Crippen molar-refractivity contribution < 1.29 is 19.4 Å². The largest absolute Gasteiger partial charge is 0.480 e. The molecule has 0 radical (unpaired) electrons. The number of hydrogen-bond donors (Lipinski definition) is 1. The molecule has 5 nitrogen and oxygen atoms in total. The lowest BCUT2D eigenvalue weighted by atomic mass is 9.84. The summed E-state index contributed by atoms with van der Waals surface area (Å²) in [5.41, 5.74) is 1.37. The predicted octanol–water partition coefficient (Wildman–Crippen LogP) is 1.59. The van der Waals surface area contributed by atoms with Gasteiger partial charge in [0.2, 0.25) is 0 Å². The molecular weight excluding hydrogens is 282 g/mol. The second-order valence-corrected chi connectivity index (χ2v) is 6.05. The standard InChI is InChI=1S/C17H23NO4/c19-17(20)12-22-9-7-18-10-14(13-4-2-1-3-5-13)15-11-21-8-6-16(15)18/h1-5,14-16H,6-12H2,(H,19,20). The fourth-order valence-corrected chi connectivity index (χ4v) is 3.76. The Hall–Kier alpha value is -1.43. The first-order chi connectivity index (χ1) is 10.8. The lowest BCUT2D eigenvalue weighted by molar-refractivity contribution is -0.142. The number of nitrogens with zero attached hydrogens (tertiary/aromatic N) is 1. The van der Waals surface area contributed by atoms with Crippen LogP contribution < -0.4 is 0 Å². The van der Waals surface area contributed by atoms with E-state index in [-0.39, 0.29) is 6.61 Å². The number of hydrogen-bond acceptors (Lipinski definition) is 4. The first-order valence-electron chi connectivity index (χ1n) is 7.92. The molecule has 5 heteroatoms. The normalized spacial score (nSPS) is 28.5. The number of rotatable bonds is 6. The molecule has 120 valence electrons. The molecule has 0 spiro atoms. The monoisotopic (exact) mass is 305 g/mol.